The number of anilines is 4. The lowest BCUT2D eigenvalue weighted by Gasteiger charge is -2.29. The minimum atomic E-state index is -0.494. The number of rotatable bonds is 5. The quantitative estimate of drug-likeness (QED) is 0.572. The number of halogens is 1. The maximum atomic E-state index is 14.3. The number of hydrogen-bond acceptors (Lipinski definition) is 7. The third kappa shape index (κ3) is 3.69. The normalized spacial score (nSPS) is 14.1. The Hall–Kier alpha value is -2.97. The minimum Gasteiger partial charge on any atom is -0.382 e. The molecule has 1 fully saturated rings. The van der Waals surface area contributed by atoms with Crippen molar-refractivity contribution in [1.29, 1.82) is 0 Å². The summed E-state index contributed by atoms with van der Waals surface area (Å²) in [6, 6.07) is 12.5. The summed E-state index contributed by atoms with van der Waals surface area (Å²) in [5.41, 5.74) is 8.49. The largest absolute Gasteiger partial charge is 0.382 e. The molecule has 0 spiro atoms. The Balaban J connectivity index is 1.55. The van der Waals surface area contributed by atoms with Crippen LogP contribution in [0.15, 0.2) is 42.5 Å². The first-order valence-corrected chi connectivity index (χ1v) is 9.80. The van der Waals surface area contributed by atoms with Crippen molar-refractivity contribution < 1.29 is 9.18 Å². The lowest BCUT2D eigenvalue weighted by atomic mass is 10.1. The minimum absolute atomic E-state index is 0.189. The van der Waals surface area contributed by atoms with E-state index < -0.39 is 5.82 Å². The van der Waals surface area contributed by atoms with Gasteiger partial charge in [0.25, 0.3) is 0 Å². The van der Waals surface area contributed by atoms with Gasteiger partial charge in [0.15, 0.2) is 11.4 Å². The highest BCUT2D eigenvalue weighted by Crippen LogP contribution is 2.39. The number of nitrogens with one attached hydrogen (secondary N) is 2. The molecule has 144 valence electrons. The summed E-state index contributed by atoms with van der Waals surface area (Å²) in [5, 5.41) is 7.09. The Labute approximate surface area is 166 Å². The maximum Gasteiger partial charge on any atom is 0.189 e. The molecule has 8 heteroatoms. The number of aromatic nitrogens is 1. The number of thiazole rings is 1. The lowest BCUT2D eigenvalue weighted by Crippen LogP contribution is -2.43. The molecule has 1 aliphatic heterocycles. The molecule has 1 aliphatic rings. The summed E-state index contributed by atoms with van der Waals surface area (Å²) in [5.74, 6) is -0.301. The van der Waals surface area contributed by atoms with Crippen LogP contribution in [-0.4, -0.2) is 37.4 Å². The number of nitrogens with zero attached hydrogens (tertiary/aromatic N) is 2. The van der Waals surface area contributed by atoms with Crippen LogP contribution in [0.1, 0.15) is 10.4 Å². The number of hydrogen-bond donors (Lipinski definition) is 3. The monoisotopic (exact) mass is 397 g/mol. The summed E-state index contributed by atoms with van der Waals surface area (Å²) >= 11 is 1.22. The molecule has 28 heavy (non-hydrogen) atoms. The Kier molecular flexibility index (Phi) is 5.23. The van der Waals surface area contributed by atoms with E-state index in [1.807, 2.05) is 12.1 Å². The topological polar surface area (TPSA) is 83.3 Å². The van der Waals surface area contributed by atoms with Crippen molar-refractivity contribution in [3.63, 3.8) is 0 Å². The van der Waals surface area contributed by atoms with Gasteiger partial charge in [-0.3, -0.25) is 4.79 Å². The van der Waals surface area contributed by atoms with Crippen molar-refractivity contribution >= 4 is 39.9 Å². The van der Waals surface area contributed by atoms with Crippen LogP contribution in [0, 0.1) is 5.82 Å². The van der Waals surface area contributed by atoms with Crippen molar-refractivity contribution in [2.75, 3.05) is 42.1 Å². The molecule has 1 saturated heterocycles. The molecule has 0 bridgehead atoms. The van der Waals surface area contributed by atoms with Gasteiger partial charge >= 0.3 is 0 Å². The number of nitrogen functional groups attached to an aromatic ring is 1. The van der Waals surface area contributed by atoms with Crippen LogP contribution in [0.2, 0.25) is 0 Å². The Morgan fingerprint density at radius 3 is 2.64 bits per heavy atom. The molecular weight excluding hydrogens is 377 g/mol. The zero-order chi connectivity index (χ0) is 19.5. The van der Waals surface area contributed by atoms with Crippen LogP contribution in [-0.2, 0) is 0 Å². The van der Waals surface area contributed by atoms with Crippen LogP contribution >= 0.6 is 11.3 Å². The molecule has 0 atom stereocenters. The third-order valence-corrected chi connectivity index (χ3v) is 5.66. The van der Waals surface area contributed by atoms with Crippen molar-refractivity contribution in [3.8, 4) is 10.4 Å². The Bertz CT molecular complexity index is 983. The molecular formula is C20H20FN5OS. The second-order valence-electron chi connectivity index (χ2n) is 6.46. The number of benzene rings is 2. The summed E-state index contributed by atoms with van der Waals surface area (Å²) in [7, 11) is 0. The van der Waals surface area contributed by atoms with Gasteiger partial charge in [-0.25, -0.2) is 9.37 Å². The van der Waals surface area contributed by atoms with Gasteiger partial charge in [0.1, 0.15) is 11.6 Å². The van der Waals surface area contributed by atoms with E-state index in [0.717, 1.165) is 31.9 Å². The number of piperazine rings is 1. The molecule has 4 N–H and O–H groups in total. The molecule has 4 rings (SSSR count). The SMILES string of the molecule is Nc1nc(Nc2ccc(N3CCNCC3)cc2)sc1-c1c(F)cccc1C=O. The van der Waals surface area contributed by atoms with E-state index in [0.29, 0.717) is 16.3 Å². The first-order chi connectivity index (χ1) is 13.7. The molecule has 3 aromatic rings. The molecule has 2 aromatic carbocycles. The molecule has 0 unspecified atom stereocenters. The van der Waals surface area contributed by atoms with Gasteiger partial charge in [0, 0.05) is 48.7 Å². The second-order valence-corrected chi connectivity index (χ2v) is 7.46. The lowest BCUT2D eigenvalue weighted by molar-refractivity contribution is 0.112. The van der Waals surface area contributed by atoms with Crippen LogP contribution in [0.3, 0.4) is 0 Å². The highest BCUT2D eigenvalue weighted by Gasteiger charge is 2.18. The van der Waals surface area contributed by atoms with Gasteiger partial charge < -0.3 is 21.3 Å². The molecule has 0 saturated carbocycles. The zero-order valence-corrected chi connectivity index (χ0v) is 15.9. The standard InChI is InChI=1S/C20H20FN5OS/c21-16-3-1-2-13(12-27)17(16)18-19(22)25-20(28-18)24-14-4-6-15(7-5-14)26-10-8-23-9-11-26/h1-7,12,23H,8-11,22H2,(H,24,25). The molecule has 0 amide bonds. The number of carbonyl (C=O) groups excluding carboxylic acids is 1. The average Bonchev–Trinajstić information content (AvgIpc) is 3.08. The van der Waals surface area contributed by atoms with Crippen LogP contribution < -0.4 is 21.3 Å². The van der Waals surface area contributed by atoms with E-state index in [2.05, 4.69) is 32.7 Å². The van der Waals surface area contributed by atoms with Crippen molar-refractivity contribution in [2.45, 2.75) is 0 Å². The van der Waals surface area contributed by atoms with Gasteiger partial charge in [0.05, 0.1) is 4.88 Å². The molecule has 0 aliphatic carbocycles. The molecule has 0 radical (unpaired) electrons. The first kappa shape index (κ1) is 18.4. The highest BCUT2D eigenvalue weighted by atomic mass is 32.1. The van der Waals surface area contributed by atoms with Gasteiger partial charge in [0.2, 0.25) is 0 Å². The van der Waals surface area contributed by atoms with Crippen LogP contribution in [0.5, 0.6) is 0 Å². The van der Waals surface area contributed by atoms with E-state index >= 15 is 0 Å². The highest BCUT2D eigenvalue weighted by molar-refractivity contribution is 7.19. The van der Waals surface area contributed by atoms with Gasteiger partial charge in [-0.2, -0.15) is 0 Å². The molecule has 6 nitrogen and oxygen atoms in total. The summed E-state index contributed by atoms with van der Waals surface area (Å²) in [4.78, 5) is 18.3. The Morgan fingerprint density at radius 2 is 1.93 bits per heavy atom. The maximum absolute atomic E-state index is 14.3. The van der Waals surface area contributed by atoms with Crippen molar-refractivity contribution in [1.82, 2.24) is 10.3 Å². The van der Waals surface area contributed by atoms with Crippen LogP contribution in [0.25, 0.3) is 10.4 Å². The smallest absolute Gasteiger partial charge is 0.189 e. The average molecular weight is 397 g/mol. The third-order valence-electron chi connectivity index (χ3n) is 4.65. The predicted octanol–water partition coefficient (Wildman–Crippen LogP) is 3.50. The fraction of sp³-hybridized carbons (Fsp3) is 0.200. The van der Waals surface area contributed by atoms with Gasteiger partial charge in [-0.05, 0) is 30.3 Å². The van der Waals surface area contributed by atoms with Crippen molar-refractivity contribution in [3.05, 3.63) is 53.8 Å². The number of nitrogens with two attached hydrogens (primary N) is 1. The fourth-order valence-corrected chi connectivity index (χ4v) is 4.22. The fourth-order valence-electron chi connectivity index (χ4n) is 3.25. The second kappa shape index (κ2) is 7.95. The van der Waals surface area contributed by atoms with Crippen LogP contribution in [0.4, 0.5) is 26.7 Å². The van der Waals surface area contributed by atoms with E-state index in [1.165, 1.54) is 29.2 Å². The number of aldehydes is 1. The first-order valence-electron chi connectivity index (χ1n) is 8.99. The predicted molar refractivity (Wildman–Crippen MR) is 112 cm³/mol. The molecule has 2 heterocycles. The summed E-state index contributed by atoms with van der Waals surface area (Å²) in [6.07, 6.45) is 0.625. The van der Waals surface area contributed by atoms with E-state index in [-0.39, 0.29) is 16.9 Å². The van der Waals surface area contributed by atoms with E-state index in [1.54, 1.807) is 6.07 Å². The van der Waals surface area contributed by atoms with Gasteiger partial charge in [-0.1, -0.05) is 23.5 Å². The summed E-state index contributed by atoms with van der Waals surface area (Å²) < 4.78 is 14.3. The van der Waals surface area contributed by atoms with E-state index in [9.17, 15) is 9.18 Å². The molecule has 1 aromatic heterocycles. The summed E-state index contributed by atoms with van der Waals surface area (Å²) in [6.45, 7) is 3.95. The van der Waals surface area contributed by atoms with E-state index in [4.69, 9.17) is 5.73 Å². The van der Waals surface area contributed by atoms with Crippen molar-refractivity contribution in [2.24, 2.45) is 0 Å². The number of carbonyl (C=O) groups is 1. The Morgan fingerprint density at radius 1 is 1.18 bits per heavy atom. The van der Waals surface area contributed by atoms with Gasteiger partial charge in [-0.15, -0.1) is 0 Å². The zero-order valence-electron chi connectivity index (χ0n) is 15.1.